The van der Waals surface area contributed by atoms with Gasteiger partial charge in [-0.2, -0.15) is 0 Å². The van der Waals surface area contributed by atoms with Crippen molar-refractivity contribution in [2.45, 2.75) is 19.6 Å². The highest BCUT2D eigenvalue weighted by atomic mass is 16.5. The second-order valence-corrected chi connectivity index (χ2v) is 2.87. The van der Waals surface area contributed by atoms with Gasteiger partial charge in [0.15, 0.2) is 5.72 Å². The number of allylic oxidation sites excluding steroid dienone is 2. The number of rotatable bonds is 1. The fourth-order valence-electron chi connectivity index (χ4n) is 0.936. The Hall–Kier alpha value is -0.960. The Morgan fingerprint density at radius 2 is 2.27 bits per heavy atom. The molecule has 3 nitrogen and oxygen atoms in total. The summed E-state index contributed by atoms with van der Waals surface area (Å²) in [6.07, 6.45) is 3.79. The number of hydrogen-bond acceptors (Lipinski definition) is 3. The average molecular weight is 154 g/mol. The summed E-state index contributed by atoms with van der Waals surface area (Å²) < 4.78 is 5.19. The lowest BCUT2D eigenvalue weighted by atomic mass is 10.1. The van der Waals surface area contributed by atoms with Gasteiger partial charge < -0.3 is 15.8 Å². The zero-order chi connectivity index (χ0) is 8.48. The van der Waals surface area contributed by atoms with Crippen LogP contribution in [0, 0.1) is 0 Å². The predicted octanol–water partition coefficient (Wildman–Crippen LogP) is 0.699. The standard InChI is InChI=1S/C8H14N2O/c1-6-4-7(9)8(2,11-3)10-5-6/h4-5,10H,9H2,1-3H3. The normalized spacial score (nSPS) is 30.5. The highest BCUT2D eigenvalue weighted by Gasteiger charge is 2.27. The minimum absolute atomic E-state index is 0.528. The van der Waals surface area contributed by atoms with Crippen LogP contribution < -0.4 is 11.1 Å². The van der Waals surface area contributed by atoms with Crippen molar-refractivity contribution in [3.8, 4) is 0 Å². The van der Waals surface area contributed by atoms with Gasteiger partial charge in [0, 0.05) is 13.3 Å². The first-order valence-corrected chi connectivity index (χ1v) is 3.56. The summed E-state index contributed by atoms with van der Waals surface area (Å²) in [6.45, 7) is 3.87. The predicted molar refractivity (Wildman–Crippen MR) is 44.6 cm³/mol. The largest absolute Gasteiger partial charge is 0.398 e. The third kappa shape index (κ3) is 1.38. The fourth-order valence-corrected chi connectivity index (χ4v) is 0.936. The van der Waals surface area contributed by atoms with Crippen LogP contribution in [-0.4, -0.2) is 12.8 Å². The van der Waals surface area contributed by atoms with Crippen molar-refractivity contribution < 1.29 is 4.74 Å². The molecule has 1 rings (SSSR count). The summed E-state index contributed by atoms with van der Waals surface area (Å²) in [4.78, 5) is 0. The Morgan fingerprint density at radius 3 is 2.73 bits per heavy atom. The zero-order valence-electron chi connectivity index (χ0n) is 7.14. The molecule has 1 heterocycles. The van der Waals surface area contributed by atoms with Crippen LogP contribution in [0.25, 0.3) is 0 Å². The van der Waals surface area contributed by atoms with Gasteiger partial charge in [0.05, 0.1) is 5.70 Å². The average Bonchev–Trinajstić information content (AvgIpc) is 1.98. The molecule has 0 aromatic carbocycles. The van der Waals surface area contributed by atoms with Crippen molar-refractivity contribution in [1.29, 1.82) is 0 Å². The third-order valence-electron chi connectivity index (χ3n) is 1.92. The van der Waals surface area contributed by atoms with Crippen molar-refractivity contribution >= 4 is 0 Å². The first-order chi connectivity index (χ1) is 5.08. The van der Waals surface area contributed by atoms with Crippen LogP contribution >= 0.6 is 0 Å². The van der Waals surface area contributed by atoms with Crippen molar-refractivity contribution in [1.82, 2.24) is 5.32 Å². The molecule has 0 saturated heterocycles. The number of nitrogens with two attached hydrogens (primary N) is 1. The van der Waals surface area contributed by atoms with E-state index in [0.29, 0.717) is 5.70 Å². The summed E-state index contributed by atoms with van der Waals surface area (Å²) >= 11 is 0. The molecule has 0 aromatic heterocycles. The van der Waals surface area contributed by atoms with Gasteiger partial charge in [-0.25, -0.2) is 0 Å². The van der Waals surface area contributed by atoms with Crippen molar-refractivity contribution in [2.75, 3.05) is 7.11 Å². The first-order valence-electron chi connectivity index (χ1n) is 3.56. The van der Waals surface area contributed by atoms with E-state index >= 15 is 0 Å². The topological polar surface area (TPSA) is 47.3 Å². The molecule has 0 amide bonds. The highest BCUT2D eigenvalue weighted by molar-refractivity contribution is 5.29. The van der Waals surface area contributed by atoms with Crippen LogP contribution in [0.4, 0.5) is 0 Å². The maximum atomic E-state index is 5.75. The zero-order valence-corrected chi connectivity index (χ0v) is 7.14. The molecule has 0 aliphatic carbocycles. The Balaban J connectivity index is 2.87. The molecule has 0 bridgehead atoms. The van der Waals surface area contributed by atoms with Gasteiger partial charge in [0.25, 0.3) is 0 Å². The molecule has 0 spiro atoms. The van der Waals surface area contributed by atoms with E-state index in [1.165, 1.54) is 0 Å². The van der Waals surface area contributed by atoms with Gasteiger partial charge in [-0.15, -0.1) is 0 Å². The Kier molecular flexibility index (Phi) is 1.91. The van der Waals surface area contributed by atoms with Crippen LogP contribution in [0.5, 0.6) is 0 Å². The molecule has 11 heavy (non-hydrogen) atoms. The molecule has 1 atom stereocenters. The van der Waals surface area contributed by atoms with E-state index in [-0.39, 0.29) is 0 Å². The second kappa shape index (κ2) is 2.58. The number of dihydropyridines is 1. The van der Waals surface area contributed by atoms with Gasteiger partial charge in [-0.05, 0) is 25.5 Å². The van der Waals surface area contributed by atoms with Crippen LogP contribution in [0.3, 0.4) is 0 Å². The van der Waals surface area contributed by atoms with Crippen LogP contribution in [0.1, 0.15) is 13.8 Å². The lowest BCUT2D eigenvalue weighted by molar-refractivity contribution is 0.0174. The van der Waals surface area contributed by atoms with Gasteiger partial charge in [-0.3, -0.25) is 0 Å². The van der Waals surface area contributed by atoms with E-state index < -0.39 is 5.72 Å². The van der Waals surface area contributed by atoms with Gasteiger partial charge in [0.2, 0.25) is 0 Å². The molecule has 0 radical (unpaired) electrons. The molecule has 0 aromatic rings. The summed E-state index contributed by atoms with van der Waals surface area (Å²) in [5.41, 5.74) is 7.04. The Labute approximate surface area is 66.9 Å². The van der Waals surface area contributed by atoms with Crippen LogP contribution in [0.15, 0.2) is 23.5 Å². The smallest absolute Gasteiger partial charge is 0.175 e. The Morgan fingerprint density at radius 1 is 1.64 bits per heavy atom. The van der Waals surface area contributed by atoms with E-state index in [0.717, 1.165) is 5.57 Å². The molecule has 3 heteroatoms. The molecule has 1 unspecified atom stereocenters. The molecular weight excluding hydrogens is 140 g/mol. The monoisotopic (exact) mass is 154 g/mol. The minimum atomic E-state index is -0.528. The summed E-state index contributed by atoms with van der Waals surface area (Å²) in [6, 6.07) is 0. The molecule has 0 fully saturated rings. The summed E-state index contributed by atoms with van der Waals surface area (Å²) in [7, 11) is 1.63. The number of nitrogens with one attached hydrogen (secondary N) is 1. The number of hydrogen-bond donors (Lipinski definition) is 2. The van der Waals surface area contributed by atoms with Gasteiger partial charge in [-0.1, -0.05) is 0 Å². The lowest BCUT2D eigenvalue weighted by Gasteiger charge is -2.31. The van der Waals surface area contributed by atoms with Crippen LogP contribution in [0.2, 0.25) is 0 Å². The molecule has 1 aliphatic heterocycles. The van der Waals surface area contributed by atoms with E-state index in [1.807, 2.05) is 26.1 Å². The summed E-state index contributed by atoms with van der Waals surface area (Å²) in [5, 5.41) is 3.07. The molecule has 0 saturated carbocycles. The third-order valence-corrected chi connectivity index (χ3v) is 1.92. The lowest BCUT2D eigenvalue weighted by Crippen LogP contribution is -2.47. The molecule has 3 N–H and O–H groups in total. The quantitative estimate of drug-likeness (QED) is 0.584. The second-order valence-electron chi connectivity index (χ2n) is 2.87. The van der Waals surface area contributed by atoms with Crippen LogP contribution in [-0.2, 0) is 4.74 Å². The Bertz CT molecular complexity index is 220. The number of methoxy groups -OCH3 is 1. The van der Waals surface area contributed by atoms with E-state index in [2.05, 4.69) is 5.32 Å². The van der Waals surface area contributed by atoms with Crippen molar-refractivity contribution in [2.24, 2.45) is 5.73 Å². The minimum Gasteiger partial charge on any atom is -0.398 e. The van der Waals surface area contributed by atoms with Crippen molar-refractivity contribution in [3.05, 3.63) is 23.5 Å². The SMILES string of the molecule is COC1(C)NC=C(C)C=C1N. The maximum absolute atomic E-state index is 5.75. The number of ether oxygens (including phenoxy) is 1. The molecular formula is C8H14N2O. The van der Waals surface area contributed by atoms with E-state index in [1.54, 1.807) is 7.11 Å². The van der Waals surface area contributed by atoms with Gasteiger partial charge >= 0.3 is 0 Å². The summed E-state index contributed by atoms with van der Waals surface area (Å²) in [5.74, 6) is 0. The fraction of sp³-hybridized carbons (Fsp3) is 0.500. The van der Waals surface area contributed by atoms with Crippen molar-refractivity contribution in [3.63, 3.8) is 0 Å². The van der Waals surface area contributed by atoms with E-state index in [9.17, 15) is 0 Å². The molecule has 62 valence electrons. The van der Waals surface area contributed by atoms with Gasteiger partial charge in [0.1, 0.15) is 0 Å². The van der Waals surface area contributed by atoms with E-state index in [4.69, 9.17) is 10.5 Å². The maximum Gasteiger partial charge on any atom is 0.175 e. The highest BCUT2D eigenvalue weighted by Crippen LogP contribution is 2.18. The first kappa shape index (κ1) is 8.14. The molecule has 1 aliphatic rings.